The number of halogens is 2. The number of ether oxygens (including phenoxy) is 1. The zero-order chi connectivity index (χ0) is 12.5. The van der Waals surface area contributed by atoms with Crippen molar-refractivity contribution in [2.24, 2.45) is 5.92 Å². The van der Waals surface area contributed by atoms with E-state index in [-0.39, 0.29) is 0 Å². The number of hydrogen-bond acceptors (Lipinski definition) is 1. The predicted octanol–water partition coefficient (Wildman–Crippen LogP) is 4.66. The smallest absolute Gasteiger partial charge is 0.0462 e. The van der Waals surface area contributed by atoms with Gasteiger partial charge in [-0.1, -0.05) is 34.5 Å². The van der Waals surface area contributed by atoms with Gasteiger partial charge in [0.1, 0.15) is 0 Å². The van der Waals surface area contributed by atoms with Gasteiger partial charge in [-0.25, -0.2) is 0 Å². The quantitative estimate of drug-likeness (QED) is 0.500. The molecule has 0 N–H and O–H groups in total. The Kier molecular flexibility index (Phi) is 7.91. The van der Waals surface area contributed by atoms with E-state index >= 15 is 0 Å². The Morgan fingerprint density at radius 3 is 2.82 bits per heavy atom. The van der Waals surface area contributed by atoms with Crippen LogP contribution in [0.2, 0.25) is 0 Å². The molecule has 0 saturated carbocycles. The molecule has 0 amide bonds. The molecule has 96 valence electrons. The lowest BCUT2D eigenvalue weighted by Crippen LogP contribution is -2.07. The maximum atomic E-state index is 6.03. The Labute approximate surface area is 118 Å². The molecule has 0 fully saturated rings. The number of hydrogen-bond donors (Lipinski definition) is 0. The summed E-state index contributed by atoms with van der Waals surface area (Å²) in [5, 5.41) is 0. The van der Waals surface area contributed by atoms with E-state index in [4.69, 9.17) is 16.3 Å². The first kappa shape index (κ1) is 15.0. The molecule has 1 atom stereocenters. The first-order chi connectivity index (χ1) is 8.26. The van der Waals surface area contributed by atoms with Crippen LogP contribution in [0, 0.1) is 5.92 Å². The van der Waals surface area contributed by atoms with Crippen LogP contribution in [-0.4, -0.2) is 19.6 Å². The molecule has 0 radical (unpaired) electrons. The number of benzene rings is 1. The SMILES string of the molecule is COCCCCC(CCl)Cc1cccc(Br)c1. The van der Waals surface area contributed by atoms with E-state index in [1.54, 1.807) is 7.11 Å². The molecule has 0 heterocycles. The molecule has 1 rings (SSSR count). The highest BCUT2D eigenvalue weighted by atomic mass is 79.9. The van der Waals surface area contributed by atoms with E-state index in [1.165, 1.54) is 18.4 Å². The number of alkyl halides is 1. The Balaban J connectivity index is 2.35. The molecule has 1 nitrogen and oxygen atoms in total. The molecule has 0 saturated heterocycles. The maximum Gasteiger partial charge on any atom is 0.0462 e. The first-order valence-corrected chi connectivity index (χ1v) is 7.38. The van der Waals surface area contributed by atoms with E-state index in [0.717, 1.165) is 29.8 Å². The fourth-order valence-corrected chi connectivity index (χ4v) is 2.62. The zero-order valence-corrected chi connectivity index (χ0v) is 12.6. The number of unbranched alkanes of at least 4 members (excludes halogenated alkanes) is 1. The van der Waals surface area contributed by atoms with Crippen LogP contribution in [0.25, 0.3) is 0 Å². The van der Waals surface area contributed by atoms with Crippen molar-refractivity contribution >= 4 is 27.5 Å². The van der Waals surface area contributed by atoms with Crippen molar-refractivity contribution in [2.45, 2.75) is 25.7 Å². The molecule has 0 aromatic heterocycles. The fraction of sp³-hybridized carbons (Fsp3) is 0.571. The van der Waals surface area contributed by atoms with Crippen molar-refractivity contribution in [3.63, 3.8) is 0 Å². The average molecular weight is 320 g/mol. The zero-order valence-electron chi connectivity index (χ0n) is 10.3. The normalized spacial score (nSPS) is 12.6. The standard InChI is InChI=1S/C14H20BrClO/c1-17-8-3-2-5-13(11-16)9-12-6-4-7-14(15)10-12/h4,6-7,10,13H,2-3,5,8-9,11H2,1H3. The van der Waals surface area contributed by atoms with Crippen LogP contribution in [0.1, 0.15) is 24.8 Å². The summed E-state index contributed by atoms with van der Waals surface area (Å²) in [6.07, 6.45) is 4.57. The minimum atomic E-state index is 0.572. The third-order valence-corrected chi connectivity index (χ3v) is 3.77. The molecule has 0 spiro atoms. The van der Waals surface area contributed by atoms with Gasteiger partial charge in [0.25, 0.3) is 0 Å². The summed E-state index contributed by atoms with van der Waals surface area (Å²) in [7, 11) is 1.75. The van der Waals surface area contributed by atoms with Crippen LogP contribution in [0.15, 0.2) is 28.7 Å². The summed E-state index contributed by atoms with van der Waals surface area (Å²) in [6.45, 7) is 0.853. The van der Waals surface area contributed by atoms with E-state index in [9.17, 15) is 0 Å². The van der Waals surface area contributed by atoms with Gasteiger partial charge in [-0.3, -0.25) is 0 Å². The van der Waals surface area contributed by atoms with Crippen molar-refractivity contribution in [1.29, 1.82) is 0 Å². The first-order valence-electron chi connectivity index (χ1n) is 6.05. The van der Waals surface area contributed by atoms with Crippen molar-refractivity contribution in [3.8, 4) is 0 Å². The van der Waals surface area contributed by atoms with Crippen LogP contribution in [-0.2, 0) is 11.2 Å². The molecular formula is C14H20BrClO. The Bertz CT molecular complexity index is 317. The van der Waals surface area contributed by atoms with Crippen LogP contribution in [0.3, 0.4) is 0 Å². The van der Waals surface area contributed by atoms with Crippen molar-refractivity contribution in [1.82, 2.24) is 0 Å². The predicted molar refractivity (Wildman–Crippen MR) is 77.8 cm³/mol. The van der Waals surface area contributed by atoms with E-state index in [2.05, 4.69) is 40.2 Å². The van der Waals surface area contributed by atoms with Gasteiger partial charge in [-0.2, -0.15) is 0 Å². The largest absolute Gasteiger partial charge is 0.385 e. The Morgan fingerprint density at radius 2 is 2.18 bits per heavy atom. The van der Waals surface area contributed by atoms with Crippen LogP contribution in [0.4, 0.5) is 0 Å². The molecule has 1 aromatic carbocycles. The van der Waals surface area contributed by atoms with Crippen LogP contribution >= 0.6 is 27.5 Å². The van der Waals surface area contributed by atoms with Gasteiger partial charge in [-0.15, -0.1) is 11.6 Å². The molecule has 0 bridgehead atoms. The average Bonchev–Trinajstić information content (AvgIpc) is 2.33. The van der Waals surface area contributed by atoms with E-state index < -0.39 is 0 Å². The molecule has 3 heteroatoms. The molecule has 0 aliphatic rings. The fourth-order valence-electron chi connectivity index (χ4n) is 1.91. The van der Waals surface area contributed by atoms with Gasteiger partial charge in [0.2, 0.25) is 0 Å². The van der Waals surface area contributed by atoms with Crippen molar-refractivity contribution in [3.05, 3.63) is 34.3 Å². The van der Waals surface area contributed by atoms with Gasteiger partial charge in [0.05, 0.1) is 0 Å². The van der Waals surface area contributed by atoms with Gasteiger partial charge in [0, 0.05) is 24.1 Å². The van der Waals surface area contributed by atoms with Crippen molar-refractivity contribution < 1.29 is 4.74 Å². The molecule has 17 heavy (non-hydrogen) atoms. The van der Waals surface area contributed by atoms with Crippen LogP contribution in [0.5, 0.6) is 0 Å². The molecular weight excluding hydrogens is 300 g/mol. The summed E-state index contributed by atoms with van der Waals surface area (Å²) in [4.78, 5) is 0. The highest BCUT2D eigenvalue weighted by molar-refractivity contribution is 9.10. The lowest BCUT2D eigenvalue weighted by Gasteiger charge is -2.13. The van der Waals surface area contributed by atoms with E-state index in [0.29, 0.717) is 5.92 Å². The van der Waals surface area contributed by atoms with Gasteiger partial charge in [0.15, 0.2) is 0 Å². The second-order valence-electron chi connectivity index (χ2n) is 4.34. The third-order valence-electron chi connectivity index (χ3n) is 2.84. The molecule has 1 aromatic rings. The molecule has 1 unspecified atom stereocenters. The monoisotopic (exact) mass is 318 g/mol. The third kappa shape index (κ3) is 6.44. The second kappa shape index (κ2) is 8.96. The lowest BCUT2D eigenvalue weighted by molar-refractivity contribution is 0.190. The summed E-state index contributed by atoms with van der Waals surface area (Å²) < 4.78 is 6.19. The Hall–Kier alpha value is -0.0500. The maximum absolute atomic E-state index is 6.03. The molecule has 0 aliphatic carbocycles. The highest BCUT2D eigenvalue weighted by Gasteiger charge is 2.08. The number of methoxy groups -OCH3 is 1. The van der Waals surface area contributed by atoms with E-state index in [1.807, 2.05) is 0 Å². The molecule has 0 aliphatic heterocycles. The topological polar surface area (TPSA) is 9.23 Å². The minimum Gasteiger partial charge on any atom is -0.385 e. The summed E-state index contributed by atoms with van der Waals surface area (Å²) >= 11 is 9.52. The van der Waals surface area contributed by atoms with Gasteiger partial charge >= 0.3 is 0 Å². The van der Waals surface area contributed by atoms with Gasteiger partial charge < -0.3 is 4.74 Å². The second-order valence-corrected chi connectivity index (χ2v) is 5.57. The summed E-state index contributed by atoms with van der Waals surface area (Å²) in [5.41, 5.74) is 1.36. The highest BCUT2D eigenvalue weighted by Crippen LogP contribution is 2.19. The van der Waals surface area contributed by atoms with Crippen LogP contribution < -0.4 is 0 Å². The minimum absolute atomic E-state index is 0.572. The van der Waals surface area contributed by atoms with Gasteiger partial charge in [-0.05, 0) is 42.9 Å². The summed E-state index contributed by atoms with van der Waals surface area (Å²) in [6, 6.07) is 8.47. The summed E-state index contributed by atoms with van der Waals surface area (Å²) in [5.74, 6) is 1.31. The Morgan fingerprint density at radius 1 is 1.35 bits per heavy atom. The lowest BCUT2D eigenvalue weighted by atomic mass is 9.96. The number of rotatable bonds is 8. The van der Waals surface area contributed by atoms with Crippen molar-refractivity contribution in [2.75, 3.05) is 19.6 Å².